The molecule has 4 rings (SSSR count). The third kappa shape index (κ3) is 4.96. The smallest absolute Gasteiger partial charge is 0.263 e. The number of ketones is 3. The highest BCUT2D eigenvalue weighted by atomic mass is 35.5. The van der Waals surface area contributed by atoms with Crippen molar-refractivity contribution in [2.24, 2.45) is 5.92 Å². The van der Waals surface area contributed by atoms with Crippen molar-refractivity contribution >= 4 is 34.9 Å². The van der Waals surface area contributed by atoms with E-state index in [1.54, 1.807) is 13.8 Å². The normalized spacial score (nSPS) is 25.8. The largest absolute Gasteiger partial charge is 0.507 e. The van der Waals surface area contributed by atoms with Crippen molar-refractivity contribution in [2.75, 3.05) is 20.3 Å². The summed E-state index contributed by atoms with van der Waals surface area (Å²) < 4.78 is 22.3. The molecule has 37 heavy (non-hydrogen) atoms. The van der Waals surface area contributed by atoms with E-state index in [0.29, 0.717) is 13.0 Å². The molecule has 1 aliphatic carbocycles. The molecular formula is C25H29ClN2O9. The number of carbonyl (C=O) groups is 4. The van der Waals surface area contributed by atoms with Crippen LogP contribution in [0.3, 0.4) is 0 Å². The van der Waals surface area contributed by atoms with Crippen LogP contribution in [0, 0.1) is 5.92 Å². The summed E-state index contributed by atoms with van der Waals surface area (Å²) in [5.41, 5.74) is 3.09. The summed E-state index contributed by atoms with van der Waals surface area (Å²) in [4.78, 5) is 50.6. The highest BCUT2D eigenvalue weighted by Crippen LogP contribution is 2.52. The van der Waals surface area contributed by atoms with Gasteiger partial charge in [-0.15, -0.1) is 0 Å². The molecule has 0 saturated carbocycles. The lowest BCUT2D eigenvalue weighted by molar-refractivity contribution is -0.189. The molecule has 1 amide bonds. The first kappa shape index (κ1) is 27.1. The highest BCUT2D eigenvalue weighted by molar-refractivity contribution is 6.37. The minimum absolute atomic E-state index is 0.0197. The van der Waals surface area contributed by atoms with Crippen LogP contribution in [-0.2, 0) is 19.1 Å². The summed E-state index contributed by atoms with van der Waals surface area (Å²) in [5, 5.41) is 10.4. The van der Waals surface area contributed by atoms with E-state index in [-0.39, 0.29) is 46.4 Å². The highest BCUT2D eigenvalue weighted by Gasteiger charge is 2.59. The summed E-state index contributed by atoms with van der Waals surface area (Å²) in [6.45, 7) is 3.43. The summed E-state index contributed by atoms with van der Waals surface area (Å²) in [6.07, 6.45) is 2.31. The molecule has 2 heterocycles. The zero-order chi connectivity index (χ0) is 26.9. The number of rotatable bonds is 8. The Balaban J connectivity index is 1.47. The molecule has 3 N–H and O–H groups in total. The molecule has 200 valence electrons. The monoisotopic (exact) mass is 536 g/mol. The molecule has 2 aliphatic heterocycles. The van der Waals surface area contributed by atoms with Crippen LogP contribution in [0.2, 0.25) is 5.02 Å². The Morgan fingerprint density at radius 3 is 2.73 bits per heavy atom. The molecule has 1 aromatic carbocycles. The number of halogens is 1. The maximum absolute atomic E-state index is 13.4. The second-order valence-corrected chi connectivity index (χ2v) is 9.63. The van der Waals surface area contributed by atoms with Gasteiger partial charge in [0.15, 0.2) is 23.6 Å². The number of aliphatic hydroxyl groups is 1. The van der Waals surface area contributed by atoms with Crippen molar-refractivity contribution in [3.05, 3.63) is 34.1 Å². The predicted molar refractivity (Wildman–Crippen MR) is 130 cm³/mol. The molecule has 4 atom stereocenters. The van der Waals surface area contributed by atoms with E-state index < -0.39 is 47.1 Å². The average Bonchev–Trinajstić information content (AvgIpc) is 3.18. The van der Waals surface area contributed by atoms with Crippen molar-refractivity contribution < 1.29 is 43.2 Å². The maximum atomic E-state index is 13.4. The Morgan fingerprint density at radius 1 is 1.32 bits per heavy atom. The first-order valence-electron chi connectivity index (χ1n) is 12.0. The Bertz CT molecular complexity index is 1160. The fourth-order valence-corrected chi connectivity index (χ4v) is 5.00. The minimum Gasteiger partial charge on any atom is -0.507 e. The quantitative estimate of drug-likeness (QED) is 0.334. The zero-order valence-electron chi connectivity index (χ0n) is 20.7. The van der Waals surface area contributed by atoms with Crippen molar-refractivity contribution in [3.63, 3.8) is 0 Å². The van der Waals surface area contributed by atoms with Crippen molar-refractivity contribution in [1.82, 2.24) is 10.9 Å². The van der Waals surface area contributed by atoms with E-state index in [9.17, 15) is 24.3 Å². The number of amides is 1. The lowest BCUT2D eigenvalue weighted by Gasteiger charge is -2.34. The topological polar surface area (TPSA) is 149 Å². The van der Waals surface area contributed by atoms with Gasteiger partial charge in [0.2, 0.25) is 11.4 Å². The molecule has 3 aliphatic rings. The van der Waals surface area contributed by atoms with Gasteiger partial charge in [0.05, 0.1) is 18.7 Å². The van der Waals surface area contributed by atoms with Gasteiger partial charge >= 0.3 is 0 Å². The van der Waals surface area contributed by atoms with E-state index in [0.717, 1.165) is 18.9 Å². The van der Waals surface area contributed by atoms with Crippen LogP contribution >= 0.6 is 11.6 Å². The van der Waals surface area contributed by atoms with Gasteiger partial charge in [0.25, 0.3) is 5.91 Å². The zero-order valence-corrected chi connectivity index (χ0v) is 21.5. The molecular weight excluding hydrogens is 508 g/mol. The molecule has 1 saturated heterocycles. The lowest BCUT2D eigenvalue weighted by Crippen LogP contribution is -2.51. The van der Waals surface area contributed by atoms with Crippen molar-refractivity contribution in [3.8, 4) is 11.5 Å². The van der Waals surface area contributed by atoms with Gasteiger partial charge in [0.1, 0.15) is 23.2 Å². The number of allylic oxidation sites excluding steroid dienone is 1. The van der Waals surface area contributed by atoms with Crippen LogP contribution < -0.4 is 20.3 Å². The summed E-state index contributed by atoms with van der Waals surface area (Å²) in [6, 6.07) is 1.30. The van der Waals surface area contributed by atoms with Gasteiger partial charge in [0, 0.05) is 30.6 Å². The van der Waals surface area contributed by atoms with Crippen molar-refractivity contribution in [1.29, 1.82) is 0 Å². The van der Waals surface area contributed by atoms with E-state index in [2.05, 4.69) is 10.9 Å². The number of hydrazine groups is 1. The molecule has 0 aromatic heterocycles. The van der Waals surface area contributed by atoms with E-state index >= 15 is 0 Å². The van der Waals surface area contributed by atoms with E-state index in [1.807, 2.05) is 0 Å². The van der Waals surface area contributed by atoms with Crippen LogP contribution in [-0.4, -0.2) is 66.6 Å². The second-order valence-electron chi connectivity index (χ2n) is 9.25. The van der Waals surface area contributed by atoms with Crippen molar-refractivity contribution in [2.45, 2.75) is 57.5 Å². The molecule has 1 aromatic rings. The maximum Gasteiger partial charge on any atom is 0.263 e. The Labute approximate surface area is 218 Å². The predicted octanol–water partition coefficient (Wildman–Crippen LogP) is 2.45. The van der Waals surface area contributed by atoms with Crippen LogP contribution in [0.15, 0.2) is 17.9 Å². The number of aliphatic hydroxyl groups excluding tert-OH is 1. The standard InChI is InChI=1S/C25H29ClN2O9/c1-12-8-14(29)9-18(31)25(12)23(32)20-17(34-3)10-15(21(26)22(20)37-25)16(30)11-27-28-24(33)13(2)36-19-6-4-5-7-35-19/h9-10,12-13,19,27,31H,4-8,11H2,1-3H3,(H,28,33)/t12-,13-,19?,25+/m1/s1. The van der Waals surface area contributed by atoms with Crippen LogP contribution in [0.1, 0.15) is 60.2 Å². The van der Waals surface area contributed by atoms with Gasteiger partial charge in [-0.3, -0.25) is 24.6 Å². The summed E-state index contributed by atoms with van der Waals surface area (Å²) in [5.74, 6) is -3.27. The number of hydrogen-bond acceptors (Lipinski definition) is 10. The molecule has 11 nitrogen and oxygen atoms in total. The summed E-state index contributed by atoms with van der Waals surface area (Å²) >= 11 is 6.50. The minimum atomic E-state index is -1.83. The van der Waals surface area contributed by atoms with Gasteiger partial charge in [-0.2, -0.15) is 0 Å². The molecule has 0 radical (unpaired) electrons. The number of ether oxygens (including phenoxy) is 4. The fraction of sp³-hybridized carbons (Fsp3) is 0.520. The van der Waals surface area contributed by atoms with Gasteiger partial charge in [-0.05, 0) is 32.3 Å². The molecule has 1 fully saturated rings. The lowest BCUT2D eigenvalue weighted by atomic mass is 9.75. The van der Waals surface area contributed by atoms with E-state index in [4.69, 9.17) is 30.5 Å². The first-order chi connectivity index (χ1) is 17.6. The first-order valence-corrected chi connectivity index (χ1v) is 12.4. The Morgan fingerprint density at radius 2 is 2.08 bits per heavy atom. The Kier molecular flexibility index (Phi) is 7.88. The number of Topliss-reactive ketones (excluding diaryl/α,β-unsaturated/α-hetero) is 2. The van der Waals surface area contributed by atoms with Gasteiger partial charge in [-0.1, -0.05) is 18.5 Å². The van der Waals surface area contributed by atoms with Crippen LogP contribution in [0.4, 0.5) is 0 Å². The summed E-state index contributed by atoms with van der Waals surface area (Å²) in [7, 11) is 1.31. The third-order valence-electron chi connectivity index (χ3n) is 6.74. The molecule has 1 unspecified atom stereocenters. The number of fused-ring (bicyclic) bond motifs is 1. The molecule has 12 heteroatoms. The fourth-order valence-electron chi connectivity index (χ4n) is 4.70. The Hall–Kier alpha value is -2.99. The second kappa shape index (κ2) is 10.8. The van der Waals surface area contributed by atoms with Gasteiger partial charge in [-0.25, -0.2) is 5.43 Å². The molecule has 0 bridgehead atoms. The number of nitrogens with one attached hydrogen (secondary N) is 2. The van der Waals surface area contributed by atoms with Crippen LogP contribution in [0.25, 0.3) is 0 Å². The number of methoxy groups -OCH3 is 1. The van der Waals surface area contributed by atoms with Gasteiger partial charge < -0.3 is 24.1 Å². The number of carbonyl (C=O) groups excluding carboxylic acids is 4. The average molecular weight is 537 g/mol. The third-order valence-corrected chi connectivity index (χ3v) is 7.11. The van der Waals surface area contributed by atoms with Crippen LogP contribution in [0.5, 0.6) is 11.5 Å². The number of hydrogen-bond donors (Lipinski definition) is 3. The SMILES string of the molecule is COc1cc(C(=O)CNNC(=O)[C@@H](C)OC2CCCCO2)c(Cl)c2c1C(=O)[C@@]1(O2)C(O)=CC(=O)C[C@H]1C. The number of benzene rings is 1. The van der Waals surface area contributed by atoms with E-state index in [1.165, 1.54) is 13.2 Å². The molecule has 1 spiro atoms.